The number of primary amides is 1. The third-order valence-electron chi connectivity index (χ3n) is 0.780. The van der Waals surface area contributed by atoms with Crippen LogP contribution in [0.15, 0.2) is 0 Å². The van der Waals surface area contributed by atoms with Crippen molar-refractivity contribution in [2.45, 2.75) is 7.66 Å². The minimum absolute atomic E-state index is 0.585. The number of rotatable bonds is 3. The highest BCUT2D eigenvalue weighted by atomic mass is 127. The van der Waals surface area contributed by atoms with Crippen molar-refractivity contribution in [1.82, 2.24) is 0 Å². The van der Waals surface area contributed by atoms with E-state index < -0.39 is 13.7 Å². The van der Waals surface area contributed by atoms with Crippen LogP contribution in [0.2, 0.25) is 0 Å². The van der Waals surface area contributed by atoms with Crippen LogP contribution in [0.1, 0.15) is 0 Å². The van der Waals surface area contributed by atoms with Gasteiger partial charge in [-0.25, -0.2) is 4.79 Å². The lowest BCUT2D eigenvalue weighted by Gasteiger charge is -2.20. The molecule has 0 aliphatic carbocycles. The van der Waals surface area contributed by atoms with Crippen molar-refractivity contribution < 1.29 is 14.3 Å². The number of ether oxygens (including phenoxy) is 1. The fraction of sp³-hybridized carbons (Fsp3) is 0.500. The molecule has 1 amide bonds. The van der Waals surface area contributed by atoms with Gasteiger partial charge in [-0.15, -0.1) is 0 Å². The summed E-state index contributed by atoms with van der Waals surface area (Å²) in [6, 6.07) is 0. The fourth-order valence-electron chi connectivity index (χ4n) is 0.271. The van der Waals surface area contributed by atoms with Crippen molar-refractivity contribution in [2.24, 2.45) is 11.5 Å². The Morgan fingerprint density at radius 2 is 2.09 bits per heavy atom. The molecule has 0 saturated heterocycles. The predicted octanol–water partition coefficient (Wildman–Crippen LogP) is 0.132. The smallest absolute Gasteiger partial charge is 0.406 e. The molecule has 5 nitrogen and oxygen atoms in total. The van der Waals surface area contributed by atoms with Crippen LogP contribution in [-0.2, 0) is 9.53 Å². The first-order chi connectivity index (χ1) is 4.90. The summed E-state index contributed by atoms with van der Waals surface area (Å²) in [6.45, 7) is 0. The normalized spacial score (nSPS) is 13.7. The molecule has 1 unspecified atom stereocenters. The van der Waals surface area contributed by atoms with Crippen molar-refractivity contribution in [1.29, 1.82) is 0 Å². The van der Waals surface area contributed by atoms with Crippen LogP contribution in [-0.4, -0.2) is 20.0 Å². The minimum atomic E-state index is -1.02. The van der Waals surface area contributed by atoms with Gasteiger partial charge in [0.2, 0.25) is 0 Å². The molecule has 0 fully saturated rings. The highest BCUT2D eigenvalue weighted by Gasteiger charge is 2.33. The standard InChI is InChI=1S/C4H6I2N2O3/c5-4(6,1-9)2(7)11-3(8)10/h1-2H,7H2,(H2,8,10). The maximum atomic E-state index is 10.3. The zero-order chi connectivity index (χ0) is 9.07. The van der Waals surface area contributed by atoms with Crippen LogP contribution in [0.3, 0.4) is 0 Å². The lowest BCUT2D eigenvalue weighted by atomic mass is 10.4. The summed E-state index contributed by atoms with van der Waals surface area (Å²) in [5, 5.41) is 0. The first kappa shape index (κ1) is 11.4. The SMILES string of the molecule is NC(=O)OC(N)C(I)(I)C=O. The summed E-state index contributed by atoms with van der Waals surface area (Å²) in [4.78, 5) is 20.5. The number of alkyl halides is 2. The molecule has 0 aliphatic heterocycles. The molecule has 0 aromatic heterocycles. The molecule has 0 rings (SSSR count). The van der Waals surface area contributed by atoms with Gasteiger partial charge < -0.3 is 15.3 Å². The second-order valence-electron chi connectivity index (χ2n) is 1.65. The molecule has 0 saturated carbocycles. The monoisotopic (exact) mass is 384 g/mol. The largest absolute Gasteiger partial charge is 0.428 e. The van der Waals surface area contributed by atoms with Gasteiger partial charge >= 0.3 is 6.09 Å². The van der Waals surface area contributed by atoms with Crippen molar-refractivity contribution in [3.63, 3.8) is 0 Å². The summed E-state index contributed by atoms with van der Waals surface area (Å²) in [6.07, 6.45) is -1.42. The molecule has 0 aliphatic rings. The third kappa shape index (κ3) is 4.06. The molecule has 0 aromatic carbocycles. The van der Waals surface area contributed by atoms with Gasteiger partial charge in [-0.2, -0.15) is 0 Å². The average Bonchev–Trinajstić information content (AvgIpc) is 1.86. The molecule has 0 radical (unpaired) electrons. The Labute approximate surface area is 90.5 Å². The Bertz CT molecular complexity index is 173. The van der Waals surface area contributed by atoms with Crippen LogP contribution in [0.5, 0.6) is 0 Å². The Kier molecular flexibility index (Phi) is 4.55. The summed E-state index contributed by atoms with van der Waals surface area (Å²) in [5.74, 6) is 0. The Balaban J connectivity index is 4.11. The lowest BCUT2D eigenvalue weighted by molar-refractivity contribution is -0.108. The van der Waals surface area contributed by atoms with Crippen LogP contribution >= 0.6 is 45.2 Å². The first-order valence-corrected chi connectivity index (χ1v) is 4.61. The van der Waals surface area contributed by atoms with Gasteiger partial charge in [0.15, 0.2) is 13.9 Å². The number of carbonyl (C=O) groups excluding carboxylic acids is 2. The molecule has 0 aromatic rings. The Hall–Kier alpha value is 0.360. The molecule has 0 bridgehead atoms. The highest BCUT2D eigenvalue weighted by molar-refractivity contribution is 14.2. The van der Waals surface area contributed by atoms with Gasteiger partial charge in [0.05, 0.1) is 0 Å². The number of aldehydes is 1. The zero-order valence-corrected chi connectivity index (χ0v) is 9.61. The van der Waals surface area contributed by atoms with E-state index in [0.717, 1.165) is 0 Å². The molecule has 0 heterocycles. The summed E-state index contributed by atoms with van der Waals surface area (Å²) < 4.78 is 3.42. The van der Waals surface area contributed by atoms with Gasteiger partial charge in [-0.1, -0.05) is 45.2 Å². The topological polar surface area (TPSA) is 95.4 Å². The zero-order valence-electron chi connectivity index (χ0n) is 5.29. The molecule has 0 spiro atoms. The second-order valence-corrected chi connectivity index (χ2v) is 7.28. The van der Waals surface area contributed by atoms with E-state index in [2.05, 4.69) is 10.5 Å². The van der Waals surface area contributed by atoms with E-state index in [9.17, 15) is 9.59 Å². The molecule has 11 heavy (non-hydrogen) atoms. The van der Waals surface area contributed by atoms with Crippen molar-refractivity contribution in [2.75, 3.05) is 0 Å². The Morgan fingerprint density at radius 1 is 1.64 bits per heavy atom. The van der Waals surface area contributed by atoms with E-state index in [1.54, 1.807) is 45.2 Å². The van der Waals surface area contributed by atoms with E-state index in [4.69, 9.17) is 5.73 Å². The van der Waals surface area contributed by atoms with Crippen LogP contribution < -0.4 is 11.5 Å². The second kappa shape index (κ2) is 4.40. The molecule has 1 atom stereocenters. The van der Waals surface area contributed by atoms with E-state index in [1.807, 2.05) is 0 Å². The van der Waals surface area contributed by atoms with Crippen LogP contribution in [0.4, 0.5) is 4.79 Å². The van der Waals surface area contributed by atoms with Gasteiger partial charge in [-0.3, -0.25) is 5.73 Å². The quantitative estimate of drug-likeness (QED) is 0.313. The van der Waals surface area contributed by atoms with Crippen molar-refractivity contribution in [3.8, 4) is 0 Å². The maximum absolute atomic E-state index is 10.3. The summed E-state index contributed by atoms with van der Waals surface area (Å²) in [5.41, 5.74) is 9.97. The molecule has 4 N–H and O–H groups in total. The number of halogens is 2. The van der Waals surface area contributed by atoms with Crippen LogP contribution in [0.25, 0.3) is 0 Å². The minimum Gasteiger partial charge on any atom is -0.428 e. The molecule has 64 valence electrons. The lowest BCUT2D eigenvalue weighted by Crippen LogP contribution is -2.44. The molecular weight excluding hydrogens is 378 g/mol. The summed E-state index contributed by atoms with van der Waals surface area (Å²) in [7, 11) is 0. The van der Waals surface area contributed by atoms with E-state index in [1.165, 1.54) is 0 Å². The third-order valence-corrected chi connectivity index (χ3v) is 2.52. The maximum Gasteiger partial charge on any atom is 0.406 e. The van der Waals surface area contributed by atoms with Gasteiger partial charge in [0, 0.05) is 0 Å². The van der Waals surface area contributed by atoms with Gasteiger partial charge in [0.1, 0.15) is 0 Å². The number of hydrogen-bond donors (Lipinski definition) is 2. The first-order valence-electron chi connectivity index (χ1n) is 2.46. The van der Waals surface area contributed by atoms with Crippen molar-refractivity contribution >= 4 is 57.6 Å². The average molecular weight is 384 g/mol. The van der Waals surface area contributed by atoms with E-state index in [0.29, 0.717) is 6.29 Å². The number of amides is 1. The van der Waals surface area contributed by atoms with Crippen molar-refractivity contribution in [3.05, 3.63) is 0 Å². The molecule has 7 heteroatoms. The number of carbonyl (C=O) groups is 2. The van der Waals surface area contributed by atoms with E-state index in [-0.39, 0.29) is 0 Å². The highest BCUT2D eigenvalue weighted by Crippen LogP contribution is 2.28. The van der Waals surface area contributed by atoms with E-state index >= 15 is 0 Å². The predicted molar refractivity (Wildman–Crippen MR) is 55.5 cm³/mol. The molecular formula is C4H6I2N2O3. The van der Waals surface area contributed by atoms with Crippen LogP contribution in [0, 0.1) is 0 Å². The Morgan fingerprint density at radius 3 is 2.36 bits per heavy atom. The number of nitrogens with two attached hydrogens (primary N) is 2. The van der Waals surface area contributed by atoms with Gasteiger partial charge in [0.25, 0.3) is 0 Å². The van der Waals surface area contributed by atoms with Gasteiger partial charge in [-0.05, 0) is 0 Å². The summed E-state index contributed by atoms with van der Waals surface area (Å²) >= 11 is 3.52. The number of hydrogen-bond acceptors (Lipinski definition) is 4. The fourth-order valence-corrected chi connectivity index (χ4v) is 0.525.